The summed E-state index contributed by atoms with van der Waals surface area (Å²) in [5.41, 5.74) is 1.54. The van der Waals surface area contributed by atoms with Crippen LogP contribution in [-0.4, -0.2) is 49.6 Å². The van der Waals surface area contributed by atoms with E-state index in [0.29, 0.717) is 5.69 Å². The van der Waals surface area contributed by atoms with Crippen molar-refractivity contribution in [2.75, 3.05) is 33.8 Å². The van der Waals surface area contributed by atoms with Gasteiger partial charge in [-0.3, -0.25) is 0 Å². The topological polar surface area (TPSA) is 57.4 Å². The molecule has 5 heteroatoms. The molecule has 20 heavy (non-hydrogen) atoms. The molecule has 1 aliphatic rings. The zero-order valence-electron chi connectivity index (χ0n) is 12.4. The van der Waals surface area contributed by atoms with Crippen LogP contribution in [0.4, 0.5) is 0 Å². The second-order valence-electron chi connectivity index (χ2n) is 5.60. The number of rotatable bonds is 6. The molecule has 0 amide bonds. The van der Waals surface area contributed by atoms with Gasteiger partial charge < -0.3 is 19.9 Å². The van der Waals surface area contributed by atoms with Crippen molar-refractivity contribution in [2.45, 2.75) is 25.8 Å². The van der Waals surface area contributed by atoms with Gasteiger partial charge in [-0.25, -0.2) is 4.79 Å². The number of carbonyl (C=O) groups is 1. The summed E-state index contributed by atoms with van der Waals surface area (Å²) in [5.74, 6) is 0.538. The Hall–Kier alpha value is -1.33. The quantitative estimate of drug-likeness (QED) is 0.614. The second kappa shape index (κ2) is 7.45. The summed E-state index contributed by atoms with van der Waals surface area (Å²) in [7, 11) is 3.58. The maximum absolute atomic E-state index is 11.3. The Morgan fingerprint density at radius 3 is 2.90 bits per heavy atom. The lowest BCUT2D eigenvalue weighted by atomic mass is 9.94. The van der Waals surface area contributed by atoms with Gasteiger partial charge in [-0.2, -0.15) is 0 Å². The molecule has 0 radical (unpaired) electrons. The first kappa shape index (κ1) is 15.1. The minimum absolute atomic E-state index is 0.317. The molecule has 0 unspecified atom stereocenters. The third-order valence-electron chi connectivity index (χ3n) is 4.03. The van der Waals surface area contributed by atoms with E-state index >= 15 is 0 Å². The lowest BCUT2D eigenvalue weighted by Gasteiger charge is -2.28. The van der Waals surface area contributed by atoms with E-state index in [1.54, 1.807) is 6.07 Å². The summed E-state index contributed by atoms with van der Waals surface area (Å²) in [6.07, 6.45) is 3.86. The van der Waals surface area contributed by atoms with E-state index in [1.807, 2.05) is 6.07 Å². The zero-order chi connectivity index (χ0) is 14.4. The molecular weight excluding hydrogens is 254 g/mol. The Morgan fingerprint density at radius 1 is 1.45 bits per heavy atom. The molecule has 112 valence electrons. The van der Waals surface area contributed by atoms with E-state index in [4.69, 9.17) is 0 Å². The highest BCUT2D eigenvalue weighted by atomic mass is 16.5. The first-order chi connectivity index (χ1) is 9.69. The third kappa shape index (κ3) is 4.35. The van der Waals surface area contributed by atoms with Crippen molar-refractivity contribution in [3.8, 4) is 0 Å². The number of aromatic nitrogens is 1. The van der Waals surface area contributed by atoms with Crippen LogP contribution in [0.5, 0.6) is 0 Å². The van der Waals surface area contributed by atoms with E-state index in [1.165, 1.54) is 39.5 Å². The van der Waals surface area contributed by atoms with Gasteiger partial charge in [0.05, 0.1) is 7.11 Å². The smallest absolute Gasteiger partial charge is 0.354 e. The van der Waals surface area contributed by atoms with Crippen molar-refractivity contribution in [3.63, 3.8) is 0 Å². The van der Waals surface area contributed by atoms with E-state index < -0.39 is 0 Å². The molecule has 2 heterocycles. The van der Waals surface area contributed by atoms with Crippen molar-refractivity contribution >= 4 is 5.97 Å². The largest absolute Gasteiger partial charge is 0.464 e. The number of aromatic amines is 1. The highest BCUT2D eigenvalue weighted by molar-refractivity contribution is 5.87. The average Bonchev–Trinajstić information content (AvgIpc) is 2.93. The number of esters is 1. The van der Waals surface area contributed by atoms with Crippen molar-refractivity contribution in [1.29, 1.82) is 0 Å². The summed E-state index contributed by atoms with van der Waals surface area (Å²) >= 11 is 0. The van der Waals surface area contributed by atoms with Crippen LogP contribution in [-0.2, 0) is 11.3 Å². The Kier molecular flexibility index (Phi) is 5.61. The van der Waals surface area contributed by atoms with E-state index in [9.17, 15) is 4.79 Å². The highest BCUT2D eigenvalue weighted by Crippen LogP contribution is 2.18. The maximum Gasteiger partial charge on any atom is 0.354 e. The van der Waals surface area contributed by atoms with Gasteiger partial charge in [-0.05, 0) is 64.0 Å². The van der Waals surface area contributed by atoms with Crippen molar-refractivity contribution in [3.05, 3.63) is 23.5 Å². The van der Waals surface area contributed by atoms with Gasteiger partial charge in [0, 0.05) is 12.2 Å². The number of nitrogens with one attached hydrogen (secondary N) is 2. The molecule has 0 atom stereocenters. The van der Waals surface area contributed by atoms with Crippen molar-refractivity contribution in [1.82, 2.24) is 15.2 Å². The first-order valence-electron chi connectivity index (χ1n) is 7.34. The molecule has 1 fully saturated rings. The van der Waals surface area contributed by atoms with Crippen LogP contribution in [0, 0.1) is 5.92 Å². The molecule has 1 aromatic heterocycles. The van der Waals surface area contributed by atoms with Crippen molar-refractivity contribution < 1.29 is 9.53 Å². The van der Waals surface area contributed by atoms with Crippen LogP contribution in [0.2, 0.25) is 0 Å². The molecule has 0 aromatic carbocycles. The lowest BCUT2D eigenvalue weighted by molar-refractivity contribution is 0.0594. The molecule has 1 aliphatic heterocycles. The highest BCUT2D eigenvalue weighted by Gasteiger charge is 2.15. The number of H-pyrrole nitrogens is 1. The molecule has 2 rings (SSSR count). The van der Waals surface area contributed by atoms with E-state index in [0.717, 1.165) is 24.7 Å². The Labute approximate surface area is 120 Å². The predicted octanol–water partition coefficient (Wildman–Crippen LogP) is 1.62. The van der Waals surface area contributed by atoms with Crippen LogP contribution in [0.15, 0.2) is 12.1 Å². The number of nitrogens with zero attached hydrogens (tertiary/aromatic N) is 1. The summed E-state index contributed by atoms with van der Waals surface area (Å²) in [5, 5.41) is 3.43. The minimum Gasteiger partial charge on any atom is -0.464 e. The summed E-state index contributed by atoms with van der Waals surface area (Å²) < 4.78 is 4.67. The number of hydrogen-bond donors (Lipinski definition) is 2. The third-order valence-corrected chi connectivity index (χ3v) is 4.03. The van der Waals surface area contributed by atoms with Crippen molar-refractivity contribution in [2.24, 2.45) is 5.92 Å². The normalized spacial score (nSPS) is 17.3. The SMILES string of the molecule is COC(=O)c1ccc(CNCCC2CCN(C)CC2)[nH]1. The molecule has 0 spiro atoms. The van der Waals surface area contributed by atoms with Gasteiger partial charge in [0.2, 0.25) is 0 Å². The molecule has 0 aliphatic carbocycles. The van der Waals surface area contributed by atoms with Crippen LogP contribution in [0.25, 0.3) is 0 Å². The molecule has 1 saturated heterocycles. The van der Waals surface area contributed by atoms with E-state index in [-0.39, 0.29) is 5.97 Å². The Bertz CT molecular complexity index is 423. The summed E-state index contributed by atoms with van der Waals surface area (Å²) in [4.78, 5) is 16.8. The second-order valence-corrected chi connectivity index (χ2v) is 5.60. The number of ether oxygens (including phenoxy) is 1. The fourth-order valence-electron chi connectivity index (χ4n) is 2.65. The predicted molar refractivity (Wildman–Crippen MR) is 78.7 cm³/mol. The zero-order valence-corrected chi connectivity index (χ0v) is 12.4. The number of likely N-dealkylation sites (tertiary alicyclic amines) is 1. The molecular formula is C15H25N3O2. The fourth-order valence-corrected chi connectivity index (χ4v) is 2.65. The van der Waals surface area contributed by atoms with Crippen LogP contribution >= 0.6 is 0 Å². The minimum atomic E-state index is -0.317. The standard InChI is InChI=1S/C15H25N3O2/c1-18-9-6-12(7-10-18)5-8-16-11-13-3-4-14(17-13)15(19)20-2/h3-4,12,16-17H,5-11H2,1-2H3. The first-order valence-corrected chi connectivity index (χ1v) is 7.34. The van der Waals surface area contributed by atoms with Gasteiger partial charge in [0.1, 0.15) is 5.69 Å². The summed E-state index contributed by atoms with van der Waals surface area (Å²) in [6, 6.07) is 3.69. The Morgan fingerprint density at radius 2 is 2.20 bits per heavy atom. The van der Waals surface area contributed by atoms with Crippen LogP contribution in [0.1, 0.15) is 35.4 Å². The van der Waals surface area contributed by atoms with Gasteiger partial charge in [0.15, 0.2) is 0 Å². The number of piperidine rings is 1. The molecule has 0 saturated carbocycles. The van der Waals surface area contributed by atoms with Gasteiger partial charge in [0.25, 0.3) is 0 Å². The maximum atomic E-state index is 11.3. The fraction of sp³-hybridized carbons (Fsp3) is 0.667. The van der Waals surface area contributed by atoms with Crippen LogP contribution < -0.4 is 5.32 Å². The monoisotopic (exact) mass is 279 g/mol. The molecule has 0 bridgehead atoms. The van der Waals surface area contributed by atoms with Crippen LogP contribution in [0.3, 0.4) is 0 Å². The average molecular weight is 279 g/mol. The molecule has 5 nitrogen and oxygen atoms in total. The molecule has 2 N–H and O–H groups in total. The lowest BCUT2D eigenvalue weighted by Crippen LogP contribution is -2.31. The Balaban J connectivity index is 1.63. The van der Waals surface area contributed by atoms with Gasteiger partial charge in [-0.15, -0.1) is 0 Å². The van der Waals surface area contributed by atoms with Gasteiger partial charge >= 0.3 is 5.97 Å². The summed E-state index contributed by atoms with van der Waals surface area (Å²) in [6.45, 7) is 4.25. The number of hydrogen-bond acceptors (Lipinski definition) is 4. The molecule has 1 aromatic rings. The van der Waals surface area contributed by atoms with Gasteiger partial charge in [-0.1, -0.05) is 0 Å². The number of methoxy groups -OCH3 is 1. The number of carbonyl (C=O) groups excluding carboxylic acids is 1. The van der Waals surface area contributed by atoms with E-state index in [2.05, 4.69) is 27.0 Å².